The molecule has 2 aromatic carbocycles. The van der Waals surface area contributed by atoms with Crippen molar-refractivity contribution in [2.45, 2.75) is 58.9 Å². The van der Waals surface area contributed by atoms with Gasteiger partial charge in [-0.05, 0) is 85.2 Å². The lowest BCUT2D eigenvalue weighted by Crippen LogP contribution is -2.32. The van der Waals surface area contributed by atoms with Gasteiger partial charge in [0, 0.05) is 6.32 Å². The lowest BCUT2D eigenvalue weighted by molar-refractivity contribution is 0.181. The van der Waals surface area contributed by atoms with Gasteiger partial charge in [-0.25, -0.2) is 0 Å². The van der Waals surface area contributed by atoms with Crippen LogP contribution in [0.15, 0.2) is 71.8 Å². The Hall–Kier alpha value is -2.76. The normalized spacial score (nSPS) is 16.5. The molecule has 1 aliphatic heterocycles. The van der Waals surface area contributed by atoms with Crippen molar-refractivity contribution in [3.63, 3.8) is 0 Å². The molecule has 4 nitrogen and oxygen atoms in total. The highest BCUT2D eigenvalue weighted by atomic mass is 16.5. The second-order valence-electron chi connectivity index (χ2n) is 8.77. The molecule has 1 heterocycles. The van der Waals surface area contributed by atoms with E-state index in [9.17, 15) is 10.1 Å². The molecule has 0 aliphatic carbocycles. The Morgan fingerprint density at radius 2 is 1.88 bits per heavy atom. The number of hydrogen-bond acceptors (Lipinski definition) is 4. The molecule has 0 bridgehead atoms. The minimum atomic E-state index is -0.789. The van der Waals surface area contributed by atoms with Crippen LogP contribution in [-0.4, -0.2) is 30.0 Å². The van der Waals surface area contributed by atoms with Crippen LogP contribution in [0.5, 0.6) is 11.5 Å². The fourth-order valence-corrected chi connectivity index (χ4v) is 4.26. The molecular formula is C28H35BO4. The van der Waals surface area contributed by atoms with Crippen LogP contribution in [0, 0.1) is 13.8 Å². The molecular weight excluding hydrogens is 411 g/mol. The van der Waals surface area contributed by atoms with Crippen LogP contribution in [0.1, 0.15) is 49.3 Å². The van der Waals surface area contributed by atoms with E-state index in [-0.39, 0.29) is 6.10 Å². The van der Waals surface area contributed by atoms with Crippen molar-refractivity contribution >= 4 is 13.2 Å². The van der Waals surface area contributed by atoms with Crippen molar-refractivity contribution in [1.29, 1.82) is 0 Å². The van der Waals surface area contributed by atoms with Gasteiger partial charge in [0.1, 0.15) is 18.1 Å². The molecule has 1 unspecified atom stereocenters. The van der Waals surface area contributed by atoms with Gasteiger partial charge in [-0.3, -0.25) is 0 Å². The summed E-state index contributed by atoms with van der Waals surface area (Å²) in [6.45, 7) is 10.6. The number of rotatable bonds is 10. The second kappa shape index (κ2) is 11.9. The van der Waals surface area contributed by atoms with Crippen LogP contribution in [0.4, 0.5) is 0 Å². The highest BCUT2D eigenvalue weighted by Crippen LogP contribution is 2.30. The molecule has 2 N–H and O–H groups in total. The van der Waals surface area contributed by atoms with Gasteiger partial charge in [-0.1, -0.05) is 55.8 Å². The number of aromatic hydroxyl groups is 1. The summed E-state index contributed by atoms with van der Waals surface area (Å²) in [5.41, 5.74) is 6.10. The van der Waals surface area contributed by atoms with Crippen LogP contribution >= 0.6 is 0 Å². The van der Waals surface area contributed by atoms with Gasteiger partial charge < -0.3 is 19.5 Å². The summed E-state index contributed by atoms with van der Waals surface area (Å²) in [6, 6.07) is 13.7. The van der Waals surface area contributed by atoms with Gasteiger partial charge in [0.25, 0.3) is 0 Å². The van der Waals surface area contributed by atoms with E-state index in [2.05, 4.69) is 19.6 Å². The minimum absolute atomic E-state index is 0.218. The topological polar surface area (TPSA) is 58.9 Å². The fourth-order valence-electron chi connectivity index (χ4n) is 4.26. The Labute approximate surface area is 198 Å². The zero-order valence-corrected chi connectivity index (χ0v) is 20.0. The lowest BCUT2D eigenvalue weighted by Gasteiger charge is -2.28. The Morgan fingerprint density at radius 1 is 1.18 bits per heavy atom. The maximum absolute atomic E-state index is 10.1. The fraction of sp³-hybridized carbons (Fsp3) is 0.357. The van der Waals surface area contributed by atoms with Crippen molar-refractivity contribution in [2.75, 3.05) is 6.61 Å². The van der Waals surface area contributed by atoms with Gasteiger partial charge in [-0.15, -0.1) is 0 Å². The van der Waals surface area contributed by atoms with E-state index in [1.165, 1.54) is 5.57 Å². The first-order chi connectivity index (χ1) is 15.9. The van der Waals surface area contributed by atoms with E-state index in [0.29, 0.717) is 18.7 Å². The van der Waals surface area contributed by atoms with Gasteiger partial charge >= 0.3 is 7.12 Å². The monoisotopic (exact) mass is 446 g/mol. The number of phenolic OH excluding ortho intramolecular Hbond substituents is 1. The van der Waals surface area contributed by atoms with E-state index in [4.69, 9.17) is 9.39 Å². The second-order valence-corrected chi connectivity index (χ2v) is 8.77. The zero-order chi connectivity index (χ0) is 23.8. The molecule has 174 valence electrons. The minimum Gasteiger partial charge on any atom is -0.507 e. The summed E-state index contributed by atoms with van der Waals surface area (Å²) in [5.74, 6) is 1.17. The average Bonchev–Trinajstić information content (AvgIpc) is 2.80. The van der Waals surface area contributed by atoms with Crippen molar-refractivity contribution in [3.8, 4) is 11.5 Å². The summed E-state index contributed by atoms with van der Waals surface area (Å²) in [6.07, 6.45) is 8.15. The molecule has 0 saturated heterocycles. The molecule has 2 aromatic rings. The predicted molar refractivity (Wildman–Crippen MR) is 137 cm³/mol. The Kier molecular flexibility index (Phi) is 8.99. The molecule has 3 rings (SSSR count). The quantitative estimate of drug-likeness (QED) is 0.414. The van der Waals surface area contributed by atoms with Crippen LogP contribution in [0.25, 0.3) is 6.08 Å². The molecule has 33 heavy (non-hydrogen) atoms. The van der Waals surface area contributed by atoms with Crippen molar-refractivity contribution in [2.24, 2.45) is 0 Å². The third-order valence-corrected chi connectivity index (χ3v) is 5.96. The summed E-state index contributed by atoms with van der Waals surface area (Å²) in [7, 11) is -0.789. The number of ether oxygens (including phenoxy) is 1. The number of aryl methyl sites for hydroxylation is 2. The van der Waals surface area contributed by atoms with Crippen molar-refractivity contribution < 1.29 is 19.5 Å². The standard InChI is InChI=1S/C28H35BO4/c1-5-9-23(18-24-16-20(2)28(30)21(3)17-24)12-13-27-26(14-15-29(31)33-27)22(4)19-32-25-10-7-6-8-11-25/h6-8,10-11,14,16-18,27,30-31H,4-5,9,12-13,15,19H2,1-3H3/b23-18+. The van der Waals surface area contributed by atoms with Gasteiger partial charge in [0.2, 0.25) is 0 Å². The van der Waals surface area contributed by atoms with Gasteiger partial charge in [0.05, 0.1) is 6.10 Å². The van der Waals surface area contributed by atoms with E-state index in [1.54, 1.807) is 0 Å². The van der Waals surface area contributed by atoms with Crippen molar-refractivity contribution in [3.05, 3.63) is 88.5 Å². The van der Waals surface area contributed by atoms with Crippen molar-refractivity contribution in [1.82, 2.24) is 0 Å². The first-order valence-electron chi connectivity index (χ1n) is 11.8. The third kappa shape index (κ3) is 7.11. The maximum atomic E-state index is 10.1. The van der Waals surface area contributed by atoms with Crippen LogP contribution in [0.3, 0.4) is 0 Å². The van der Waals surface area contributed by atoms with Crippen LogP contribution < -0.4 is 4.74 Å². The smallest absolute Gasteiger partial charge is 0.458 e. The first kappa shape index (κ1) is 24.9. The molecule has 0 fully saturated rings. The van der Waals surface area contributed by atoms with Gasteiger partial charge in [0.15, 0.2) is 0 Å². The molecule has 1 atom stereocenters. The molecule has 5 heteroatoms. The zero-order valence-electron chi connectivity index (χ0n) is 20.0. The number of para-hydroxylation sites is 1. The van der Waals surface area contributed by atoms with E-state index in [1.807, 2.05) is 62.4 Å². The number of phenols is 1. The highest BCUT2D eigenvalue weighted by molar-refractivity contribution is 6.43. The molecule has 0 spiro atoms. The van der Waals surface area contributed by atoms with E-state index >= 15 is 0 Å². The molecule has 0 aromatic heterocycles. The van der Waals surface area contributed by atoms with E-state index < -0.39 is 7.12 Å². The Morgan fingerprint density at radius 3 is 2.55 bits per heavy atom. The van der Waals surface area contributed by atoms with Crippen LogP contribution in [0.2, 0.25) is 6.32 Å². The summed E-state index contributed by atoms with van der Waals surface area (Å²) in [4.78, 5) is 0. The van der Waals surface area contributed by atoms with Crippen LogP contribution in [-0.2, 0) is 4.65 Å². The SMILES string of the molecule is C=C(COc1ccccc1)C1=CCB(O)OC1CC/C(=C/c1cc(C)c(O)c(C)c1)CCC. The summed E-state index contributed by atoms with van der Waals surface area (Å²) in [5, 5.41) is 20.2. The number of hydrogen-bond donors (Lipinski definition) is 2. The average molecular weight is 446 g/mol. The summed E-state index contributed by atoms with van der Waals surface area (Å²) >= 11 is 0. The van der Waals surface area contributed by atoms with Gasteiger partial charge in [-0.2, -0.15) is 0 Å². The molecule has 0 saturated carbocycles. The largest absolute Gasteiger partial charge is 0.507 e. The Bertz CT molecular complexity index is 987. The summed E-state index contributed by atoms with van der Waals surface area (Å²) < 4.78 is 11.8. The third-order valence-electron chi connectivity index (χ3n) is 5.96. The maximum Gasteiger partial charge on any atom is 0.458 e. The highest BCUT2D eigenvalue weighted by Gasteiger charge is 2.28. The molecule has 0 amide bonds. The Balaban J connectivity index is 1.69. The molecule has 1 aliphatic rings. The molecule has 0 radical (unpaired) electrons. The van der Waals surface area contributed by atoms with E-state index in [0.717, 1.165) is 59.3 Å². The predicted octanol–water partition coefficient (Wildman–Crippen LogP) is 6.41. The number of allylic oxidation sites excluding steroid dienone is 2. The number of benzene rings is 2. The lowest BCUT2D eigenvalue weighted by atomic mass is 9.78. The first-order valence-corrected chi connectivity index (χ1v) is 11.8.